The molecule has 6 aliphatic rings. The number of hydrogen-bond donors (Lipinski definition) is 3. The molecule has 2 aliphatic carbocycles. The molecule has 6 fully saturated rings. The van der Waals surface area contributed by atoms with Crippen LogP contribution in [0.5, 0.6) is 0 Å². The number of ether oxygens (including phenoxy) is 5. The van der Waals surface area contributed by atoms with Gasteiger partial charge in [-0.05, 0) is 24.5 Å². The summed E-state index contributed by atoms with van der Waals surface area (Å²) < 4.78 is 29.4. The highest BCUT2D eigenvalue weighted by molar-refractivity contribution is 5.94. The summed E-state index contributed by atoms with van der Waals surface area (Å²) in [5.41, 5.74) is -8.66. The van der Waals surface area contributed by atoms with Crippen LogP contribution < -0.4 is 0 Å². The first kappa shape index (κ1) is 24.4. The van der Waals surface area contributed by atoms with Crippen LogP contribution in [0.3, 0.4) is 0 Å². The Balaban J connectivity index is 1.50. The van der Waals surface area contributed by atoms with Crippen molar-refractivity contribution in [3.63, 3.8) is 0 Å². The Morgan fingerprint density at radius 2 is 1.79 bits per heavy atom. The van der Waals surface area contributed by atoms with Crippen molar-refractivity contribution in [2.24, 2.45) is 28.1 Å². The molecule has 0 amide bonds. The smallest absolute Gasteiger partial charge is 0.343 e. The van der Waals surface area contributed by atoms with Crippen molar-refractivity contribution in [1.29, 1.82) is 0 Å². The third-order valence-electron chi connectivity index (χ3n) is 10.0. The van der Waals surface area contributed by atoms with Crippen molar-refractivity contribution >= 4 is 17.9 Å². The molecule has 2 saturated carbocycles. The Bertz CT molecular complexity index is 1270. The van der Waals surface area contributed by atoms with Crippen molar-refractivity contribution in [1.82, 2.24) is 4.98 Å². The zero-order valence-electron chi connectivity index (χ0n) is 21.2. The number of carbonyl (C=O) groups is 3. The van der Waals surface area contributed by atoms with Gasteiger partial charge in [0, 0.05) is 12.1 Å². The van der Waals surface area contributed by atoms with Gasteiger partial charge in [-0.3, -0.25) is 9.78 Å². The molecule has 7 rings (SSSR count). The number of aliphatic hydroxyl groups excluding tert-OH is 2. The molecule has 12 heteroatoms. The minimum atomic E-state index is -2.38. The minimum absolute atomic E-state index is 0.125. The largest absolute Gasteiger partial charge is 0.456 e. The van der Waals surface area contributed by atoms with E-state index in [0.717, 1.165) is 0 Å². The maximum absolute atomic E-state index is 13.8. The summed E-state index contributed by atoms with van der Waals surface area (Å²) in [4.78, 5) is 44.2. The number of carbonyl (C=O) groups excluding carboxylic acids is 3. The summed E-state index contributed by atoms with van der Waals surface area (Å²) in [7, 11) is 0. The molecular weight excluding hydrogens is 502 g/mol. The topological polar surface area (TPSA) is 171 Å². The molecule has 5 heterocycles. The predicted molar refractivity (Wildman–Crippen MR) is 120 cm³/mol. The Hall–Kier alpha value is -2.64. The van der Waals surface area contributed by atoms with Crippen LogP contribution in [0, 0.1) is 28.1 Å². The number of rotatable bonds is 3. The second-order valence-corrected chi connectivity index (χ2v) is 12.4. The maximum atomic E-state index is 13.8. The van der Waals surface area contributed by atoms with E-state index >= 15 is 0 Å². The second-order valence-electron chi connectivity index (χ2n) is 12.4. The van der Waals surface area contributed by atoms with Gasteiger partial charge in [0.1, 0.15) is 12.2 Å². The lowest BCUT2D eigenvalue weighted by Crippen LogP contribution is -2.67. The molecule has 204 valence electrons. The summed E-state index contributed by atoms with van der Waals surface area (Å²) in [6.07, 6.45) is -7.52. The van der Waals surface area contributed by atoms with E-state index in [1.54, 1.807) is 24.4 Å². The summed E-state index contributed by atoms with van der Waals surface area (Å²) in [5, 5.41) is 36.1. The summed E-state index contributed by atoms with van der Waals surface area (Å²) >= 11 is 0. The van der Waals surface area contributed by atoms with Gasteiger partial charge in [0.2, 0.25) is 11.9 Å². The lowest BCUT2D eigenvalue weighted by Gasteiger charge is -2.48. The van der Waals surface area contributed by atoms with Crippen LogP contribution >= 0.6 is 0 Å². The van der Waals surface area contributed by atoms with E-state index in [0.29, 0.717) is 5.69 Å². The normalized spacial score (nSPS) is 51.8. The number of nitrogens with zero attached hydrogens (tertiary/aromatic N) is 1. The molecule has 3 N–H and O–H groups in total. The van der Waals surface area contributed by atoms with Crippen LogP contribution in [-0.2, 0) is 44.7 Å². The molecule has 2 spiro atoms. The lowest BCUT2D eigenvalue weighted by molar-refractivity contribution is -0.240. The van der Waals surface area contributed by atoms with Gasteiger partial charge in [-0.25, -0.2) is 9.59 Å². The fourth-order valence-corrected chi connectivity index (χ4v) is 9.10. The average molecular weight is 532 g/mol. The van der Waals surface area contributed by atoms with E-state index in [-0.39, 0.29) is 6.61 Å². The minimum Gasteiger partial charge on any atom is -0.456 e. The van der Waals surface area contributed by atoms with Crippen LogP contribution in [-0.4, -0.2) is 86.2 Å². The first-order chi connectivity index (χ1) is 17.8. The molecule has 0 radical (unpaired) electrons. The van der Waals surface area contributed by atoms with Gasteiger partial charge in [0.15, 0.2) is 17.8 Å². The molecule has 1 aromatic heterocycles. The summed E-state index contributed by atoms with van der Waals surface area (Å²) in [6, 6.07) is 5.19. The first-order valence-electron chi connectivity index (χ1n) is 12.7. The molecule has 38 heavy (non-hydrogen) atoms. The highest BCUT2D eigenvalue weighted by Gasteiger charge is 3.05. The van der Waals surface area contributed by atoms with Gasteiger partial charge in [0.25, 0.3) is 0 Å². The lowest BCUT2D eigenvalue weighted by atomic mass is 9.51. The van der Waals surface area contributed by atoms with E-state index < -0.39 is 94.0 Å². The highest BCUT2D eigenvalue weighted by atomic mass is 16.8. The summed E-state index contributed by atoms with van der Waals surface area (Å²) in [5.74, 6) is -4.87. The van der Waals surface area contributed by atoms with Crippen molar-refractivity contribution in [2.75, 3.05) is 0 Å². The zero-order valence-corrected chi connectivity index (χ0v) is 21.2. The molecular formula is C26H29NO11. The molecule has 1 aromatic rings. The predicted octanol–water partition coefficient (Wildman–Crippen LogP) is -0.779. The van der Waals surface area contributed by atoms with Crippen LogP contribution in [0.4, 0.5) is 0 Å². The van der Waals surface area contributed by atoms with Crippen LogP contribution in [0.2, 0.25) is 0 Å². The van der Waals surface area contributed by atoms with Crippen molar-refractivity contribution < 1.29 is 53.4 Å². The fourth-order valence-electron chi connectivity index (χ4n) is 9.10. The van der Waals surface area contributed by atoms with Crippen LogP contribution in [0.25, 0.3) is 0 Å². The van der Waals surface area contributed by atoms with E-state index in [9.17, 15) is 29.7 Å². The van der Waals surface area contributed by atoms with E-state index in [2.05, 4.69) is 4.98 Å². The Morgan fingerprint density at radius 3 is 2.45 bits per heavy atom. The molecule has 8 unspecified atom stereocenters. The molecule has 12 nitrogen and oxygen atoms in total. The third kappa shape index (κ3) is 2.12. The van der Waals surface area contributed by atoms with E-state index in [1.165, 1.54) is 6.92 Å². The van der Waals surface area contributed by atoms with Gasteiger partial charge >= 0.3 is 17.9 Å². The van der Waals surface area contributed by atoms with Crippen molar-refractivity contribution in [3.8, 4) is 0 Å². The molecule has 0 aromatic carbocycles. The van der Waals surface area contributed by atoms with Crippen LogP contribution in [0.1, 0.15) is 33.4 Å². The maximum Gasteiger partial charge on any atom is 0.343 e. The Labute approximate surface area is 217 Å². The van der Waals surface area contributed by atoms with Gasteiger partial charge in [0.05, 0.1) is 35.2 Å². The molecule has 0 bridgehead atoms. The number of aromatic nitrogens is 1. The molecule has 4 aliphatic heterocycles. The first-order valence-corrected chi connectivity index (χ1v) is 12.7. The van der Waals surface area contributed by atoms with Crippen LogP contribution in [0.15, 0.2) is 24.4 Å². The average Bonchev–Trinajstić information content (AvgIpc) is 3.55. The number of fused-ring (bicyclic) bond motifs is 1. The van der Waals surface area contributed by atoms with Crippen molar-refractivity contribution in [3.05, 3.63) is 30.1 Å². The standard InChI is InChI=1S/C26H29NO11/c1-10-18(30)35-16-14(29)24-15-12(28)13(22(2,3)4)23(24)17(34-9-11-7-5-6-8-27-11)19(31)37-21(23)38-26(24,20(32)36-15)25(10,16)33/h5-8,10,12-17,21,28-29,33H,9H2,1-4H3/t10-,12-,13?,14?,15?,16?,17+,21?,23?,24?,25-,26?/m1/s1. The zero-order chi connectivity index (χ0) is 27.2. The van der Waals surface area contributed by atoms with Gasteiger partial charge in [-0.15, -0.1) is 0 Å². The summed E-state index contributed by atoms with van der Waals surface area (Å²) in [6.45, 7) is 6.76. The molecule has 4 saturated heterocycles. The Morgan fingerprint density at radius 1 is 1.05 bits per heavy atom. The van der Waals surface area contributed by atoms with Gasteiger partial charge in [-0.1, -0.05) is 26.8 Å². The number of pyridine rings is 1. The SMILES string of the molecule is C[C@@H]1C(=O)OC2C(O)C34C5OC(=O)C3(OC3OC(=O)[C@H](OCc6ccccn6)C34C(C(C)(C)C)[C@H]5O)[C@]21O. The van der Waals surface area contributed by atoms with Gasteiger partial charge < -0.3 is 39.0 Å². The Kier molecular flexibility index (Phi) is 4.44. The monoisotopic (exact) mass is 531 g/mol. The second kappa shape index (κ2) is 6.92. The number of aliphatic hydroxyl groups is 3. The quantitative estimate of drug-likeness (QED) is 0.329. The number of esters is 3. The van der Waals surface area contributed by atoms with E-state index in [4.69, 9.17) is 23.7 Å². The molecule has 12 atom stereocenters. The third-order valence-corrected chi connectivity index (χ3v) is 10.0. The highest BCUT2D eigenvalue weighted by Crippen LogP contribution is 2.84. The van der Waals surface area contributed by atoms with Crippen molar-refractivity contribution in [2.45, 2.75) is 82.3 Å². The van der Waals surface area contributed by atoms with Gasteiger partial charge in [-0.2, -0.15) is 0 Å². The fraction of sp³-hybridized carbons (Fsp3) is 0.692. The van der Waals surface area contributed by atoms with E-state index in [1.807, 2.05) is 20.8 Å². The number of hydrogen-bond acceptors (Lipinski definition) is 12.